The van der Waals surface area contributed by atoms with Crippen LogP contribution in [-0.4, -0.2) is 41.7 Å². The molecule has 0 N–H and O–H groups in total. The van der Waals surface area contributed by atoms with Gasteiger partial charge in [-0.05, 0) is 29.5 Å². The molecule has 0 radical (unpaired) electrons. The van der Waals surface area contributed by atoms with Crippen molar-refractivity contribution in [1.82, 2.24) is 9.80 Å². The minimum atomic E-state index is -1.15. The Morgan fingerprint density at radius 3 is 2.19 bits per heavy atom. The van der Waals surface area contributed by atoms with Gasteiger partial charge in [-0.15, -0.1) is 0 Å². The lowest BCUT2D eigenvalue weighted by atomic mass is 9.80. The molecule has 0 bridgehead atoms. The van der Waals surface area contributed by atoms with Crippen LogP contribution in [0.25, 0.3) is 0 Å². The molecule has 1 aromatic carbocycles. The lowest BCUT2D eigenvalue weighted by Crippen LogP contribution is -2.63. The number of amides is 4. The molecular formula is C15H15BrN2O3. The van der Waals surface area contributed by atoms with E-state index in [0.29, 0.717) is 12.8 Å². The zero-order valence-corrected chi connectivity index (χ0v) is 13.4. The summed E-state index contributed by atoms with van der Waals surface area (Å²) >= 11 is 3.41. The molecule has 21 heavy (non-hydrogen) atoms. The van der Waals surface area contributed by atoms with E-state index in [2.05, 4.69) is 15.9 Å². The fraction of sp³-hybridized carbons (Fsp3) is 0.400. The van der Waals surface area contributed by atoms with Gasteiger partial charge in [0.1, 0.15) is 5.41 Å². The summed E-state index contributed by atoms with van der Waals surface area (Å²) in [5, 5.41) is 0.730. The summed E-state index contributed by atoms with van der Waals surface area (Å²) in [6.07, 6.45) is 0.729. The lowest BCUT2D eigenvalue weighted by molar-refractivity contribution is -0.156. The number of hydrogen-bond acceptors (Lipinski definition) is 3. The van der Waals surface area contributed by atoms with E-state index >= 15 is 0 Å². The van der Waals surface area contributed by atoms with E-state index in [1.807, 2.05) is 18.2 Å². The molecule has 1 saturated heterocycles. The predicted molar refractivity (Wildman–Crippen MR) is 79.9 cm³/mol. The average molecular weight is 351 g/mol. The Labute approximate surface area is 131 Å². The molecule has 0 atom stereocenters. The second-order valence-corrected chi connectivity index (χ2v) is 6.24. The van der Waals surface area contributed by atoms with Crippen LogP contribution in [0.4, 0.5) is 4.79 Å². The molecule has 1 aliphatic heterocycles. The number of alkyl halides is 1. The molecule has 1 aromatic rings. The van der Waals surface area contributed by atoms with Gasteiger partial charge >= 0.3 is 6.03 Å². The fourth-order valence-corrected chi connectivity index (χ4v) is 3.60. The first-order valence-electron chi connectivity index (χ1n) is 6.67. The smallest absolute Gasteiger partial charge is 0.273 e. The highest BCUT2D eigenvalue weighted by atomic mass is 79.9. The van der Waals surface area contributed by atoms with Crippen LogP contribution in [0.15, 0.2) is 18.2 Å². The number of imide groups is 2. The number of urea groups is 1. The second-order valence-electron chi connectivity index (χ2n) is 5.68. The van der Waals surface area contributed by atoms with E-state index in [1.165, 1.54) is 14.1 Å². The van der Waals surface area contributed by atoms with Crippen LogP contribution in [0.1, 0.15) is 16.7 Å². The van der Waals surface area contributed by atoms with Gasteiger partial charge in [0.25, 0.3) is 0 Å². The SMILES string of the molecule is CN1C(=O)N(C)C(=O)C2(Cc3ccc(CBr)cc3C2)C1=O. The van der Waals surface area contributed by atoms with Crippen LogP contribution in [0.3, 0.4) is 0 Å². The van der Waals surface area contributed by atoms with Crippen molar-refractivity contribution in [1.29, 1.82) is 0 Å². The molecule has 6 heteroatoms. The van der Waals surface area contributed by atoms with Crippen molar-refractivity contribution in [2.45, 2.75) is 18.2 Å². The van der Waals surface area contributed by atoms with Gasteiger partial charge in [-0.1, -0.05) is 34.1 Å². The van der Waals surface area contributed by atoms with Gasteiger partial charge in [-0.3, -0.25) is 19.4 Å². The number of benzene rings is 1. The third-order valence-corrected chi connectivity index (χ3v) is 5.06. The van der Waals surface area contributed by atoms with Crippen molar-refractivity contribution in [3.05, 3.63) is 34.9 Å². The topological polar surface area (TPSA) is 57.7 Å². The minimum Gasteiger partial charge on any atom is -0.273 e. The quantitative estimate of drug-likeness (QED) is 0.572. The third-order valence-electron chi connectivity index (χ3n) is 4.41. The zero-order chi connectivity index (χ0) is 15.4. The fourth-order valence-electron chi connectivity index (χ4n) is 3.25. The average Bonchev–Trinajstić information content (AvgIpc) is 2.89. The molecule has 0 unspecified atom stereocenters. The minimum absolute atomic E-state index is 0.364. The van der Waals surface area contributed by atoms with E-state index in [4.69, 9.17) is 0 Å². The summed E-state index contributed by atoms with van der Waals surface area (Å²) in [5.74, 6) is -0.792. The molecule has 3 rings (SSSR count). The Balaban J connectivity index is 2.05. The second kappa shape index (κ2) is 4.66. The summed E-state index contributed by atoms with van der Waals surface area (Å²) in [6, 6.07) is 5.42. The number of hydrogen-bond donors (Lipinski definition) is 0. The molecule has 1 aliphatic carbocycles. The molecule has 0 saturated carbocycles. The summed E-state index contributed by atoms with van der Waals surface area (Å²) in [6.45, 7) is 0. The van der Waals surface area contributed by atoms with Crippen LogP contribution < -0.4 is 0 Å². The van der Waals surface area contributed by atoms with Crippen molar-refractivity contribution in [3.8, 4) is 0 Å². The Kier molecular flexibility index (Phi) is 3.16. The van der Waals surface area contributed by atoms with E-state index in [-0.39, 0.29) is 0 Å². The van der Waals surface area contributed by atoms with E-state index in [9.17, 15) is 14.4 Å². The first kappa shape index (κ1) is 14.3. The molecular weight excluding hydrogens is 336 g/mol. The van der Waals surface area contributed by atoms with Gasteiger partial charge in [0, 0.05) is 19.4 Å². The van der Waals surface area contributed by atoms with E-state index in [0.717, 1.165) is 31.8 Å². The van der Waals surface area contributed by atoms with Crippen molar-refractivity contribution in [2.24, 2.45) is 5.41 Å². The summed E-state index contributed by atoms with van der Waals surface area (Å²) < 4.78 is 0. The molecule has 110 valence electrons. The number of halogens is 1. The largest absolute Gasteiger partial charge is 0.332 e. The highest BCUT2D eigenvalue weighted by molar-refractivity contribution is 9.08. The molecule has 0 aromatic heterocycles. The number of rotatable bonds is 1. The number of barbiturate groups is 1. The van der Waals surface area contributed by atoms with Crippen molar-refractivity contribution >= 4 is 33.8 Å². The number of nitrogens with zero attached hydrogens (tertiary/aromatic N) is 2. The molecule has 5 nitrogen and oxygen atoms in total. The standard InChI is InChI=1S/C15H15BrN2O3/c1-17-12(19)15(13(20)18(2)14(17)21)6-10-4-3-9(8-16)5-11(10)7-15/h3-5H,6-8H2,1-2H3. The number of carbonyl (C=O) groups is 3. The van der Waals surface area contributed by atoms with Crippen LogP contribution >= 0.6 is 15.9 Å². The summed E-state index contributed by atoms with van der Waals surface area (Å²) in [7, 11) is 2.87. The monoisotopic (exact) mass is 350 g/mol. The molecule has 1 heterocycles. The Morgan fingerprint density at radius 2 is 1.62 bits per heavy atom. The highest BCUT2D eigenvalue weighted by Crippen LogP contribution is 2.42. The van der Waals surface area contributed by atoms with Crippen LogP contribution in [0.5, 0.6) is 0 Å². The lowest BCUT2D eigenvalue weighted by Gasteiger charge is -2.39. The van der Waals surface area contributed by atoms with Gasteiger partial charge < -0.3 is 0 Å². The van der Waals surface area contributed by atoms with E-state index in [1.54, 1.807) is 0 Å². The Bertz CT molecular complexity index is 647. The van der Waals surface area contributed by atoms with Crippen molar-refractivity contribution in [2.75, 3.05) is 14.1 Å². The normalized spacial score (nSPS) is 20.4. The third kappa shape index (κ3) is 1.85. The highest BCUT2D eigenvalue weighted by Gasteiger charge is 2.57. The summed E-state index contributed by atoms with van der Waals surface area (Å²) in [4.78, 5) is 39.1. The maximum Gasteiger partial charge on any atom is 0.332 e. The summed E-state index contributed by atoms with van der Waals surface area (Å²) in [5.41, 5.74) is 1.99. The maximum atomic E-state index is 12.6. The van der Waals surface area contributed by atoms with Crippen molar-refractivity contribution in [3.63, 3.8) is 0 Å². The first-order chi connectivity index (χ1) is 9.90. The van der Waals surface area contributed by atoms with Crippen LogP contribution in [-0.2, 0) is 27.8 Å². The van der Waals surface area contributed by atoms with Crippen molar-refractivity contribution < 1.29 is 14.4 Å². The molecule has 1 fully saturated rings. The molecule has 4 amide bonds. The van der Waals surface area contributed by atoms with Gasteiger partial charge in [-0.2, -0.15) is 0 Å². The van der Waals surface area contributed by atoms with E-state index < -0.39 is 23.3 Å². The Hall–Kier alpha value is -1.69. The van der Waals surface area contributed by atoms with Gasteiger partial charge in [0.2, 0.25) is 11.8 Å². The maximum absolute atomic E-state index is 12.6. The number of carbonyl (C=O) groups excluding carboxylic acids is 3. The van der Waals surface area contributed by atoms with Gasteiger partial charge in [0.15, 0.2) is 0 Å². The number of fused-ring (bicyclic) bond motifs is 1. The van der Waals surface area contributed by atoms with Gasteiger partial charge in [-0.25, -0.2) is 4.79 Å². The van der Waals surface area contributed by atoms with Crippen LogP contribution in [0, 0.1) is 5.41 Å². The zero-order valence-electron chi connectivity index (χ0n) is 11.9. The van der Waals surface area contributed by atoms with Crippen LogP contribution in [0.2, 0.25) is 0 Å². The Morgan fingerprint density at radius 1 is 1.05 bits per heavy atom. The predicted octanol–water partition coefficient (Wildman–Crippen LogP) is 1.72. The van der Waals surface area contributed by atoms with Gasteiger partial charge in [0.05, 0.1) is 0 Å². The molecule has 2 aliphatic rings. The first-order valence-corrected chi connectivity index (χ1v) is 7.80. The molecule has 1 spiro atoms.